The molecule has 0 aliphatic rings. The number of hydrogen-bond acceptors (Lipinski definition) is 3. The van der Waals surface area contributed by atoms with Crippen LogP contribution in [0.15, 0.2) is 60.4 Å². The summed E-state index contributed by atoms with van der Waals surface area (Å²) in [4.78, 5) is 20.5. The maximum Gasteiger partial charge on any atom is 0.246 e. The molecule has 0 rings (SSSR count). The van der Waals surface area contributed by atoms with Gasteiger partial charge in [-0.1, -0.05) is 55.5 Å². The maximum absolute atomic E-state index is 10.7. The van der Waals surface area contributed by atoms with E-state index in [0.29, 0.717) is 19.3 Å². The van der Waals surface area contributed by atoms with Crippen LogP contribution >= 0.6 is 0 Å². The molecule has 0 saturated carbocycles. The minimum absolute atomic E-state index is 0.264. The summed E-state index contributed by atoms with van der Waals surface area (Å²) >= 11 is 0. The van der Waals surface area contributed by atoms with Gasteiger partial charge in [-0.2, -0.15) is 0 Å². The smallest absolute Gasteiger partial charge is 0.246 e. The molecule has 132 valence electrons. The molecule has 0 fully saturated rings. The van der Waals surface area contributed by atoms with Crippen molar-refractivity contribution in [1.29, 1.82) is 0 Å². The number of rotatable bonds is 14. The van der Waals surface area contributed by atoms with E-state index in [9.17, 15) is 14.9 Å². The molecular weight excluding hydrogens is 302 g/mol. The first-order chi connectivity index (χ1) is 11.7. The zero-order chi connectivity index (χ0) is 17.9. The lowest BCUT2D eigenvalue weighted by molar-refractivity contribution is -0.427. The molecule has 0 saturated heterocycles. The first-order valence-electron chi connectivity index (χ1n) is 8.59. The molecule has 0 aromatic carbocycles. The van der Waals surface area contributed by atoms with E-state index < -0.39 is 0 Å². The van der Waals surface area contributed by atoms with E-state index in [1.807, 2.05) is 19.1 Å². The molecule has 24 heavy (non-hydrogen) atoms. The highest BCUT2D eigenvalue weighted by Crippen LogP contribution is 2.05. The lowest BCUT2D eigenvalue weighted by Gasteiger charge is -1.92. The Morgan fingerprint density at radius 2 is 1.42 bits per heavy atom. The zero-order valence-corrected chi connectivity index (χ0v) is 14.6. The fourth-order valence-electron chi connectivity index (χ4n) is 1.92. The summed E-state index contributed by atoms with van der Waals surface area (Å²) in [5.74, 6) is 0. The largest absolute Gasteiger partial charge is 0.303 e. The van der Waals surface area contributed by atoms with E-state index >= 15 is 0 Å². The predicted octanol–water partition coefficient (Wildman–Crippen LogP) is 5.71. The zero-order valence-electron chi connectivity index (χ0n) is 14.6. The van der Waals surface area contributed by atoms with Gasteiger partial charge in [-0.05, 0) is 44.6 Å². The Hall–Kier alpha value is -2.23. The highest BCUT2D eigenvalue weighted by Gasteiger charge is 2.05. The molecule has 0 bridgehead atoms. The van der Waals surface area contributed by atoms with Gasteiger partial charge in [0, 0.05) is 6.42 Å². The lowest BCUT2D eigenvalue weighted by atomic mass is 10.2. The summed E-state index contributed by atoms with van der Waals surface area (Å²) in [6, 6.07) is 0. The summed E-state index contributed by atoms with van der Waals surface area (Å²) in [5.41, 5.74) is 0.264. The second kappa shape index (κ2) is 17.1. The van der Waals surface area contributed by atoms with Crippen LogP contribution < -0.4 is 0 Å². The van der Waals surface area contributed by atoms with Crippen molar-refractivity contribution >= 4 is 6.29 Å². The van der Waals surface area contributed by atoms with E-state index in [4.69, 9.17) is 0 Å². The molecule has 0 aliphatic heterocycles. The molecule has 0 aromatic rings. The van der Waals surface area contributed by atoms with Crippen LogP contribution in [-0.2, 0) is 4.79 Å². The van der Waals surface area contributed by atoms with E-state index in [1.165, 1.54) is 0 Å². The SMILES string of the molecule is CC/C=C(\C/C=C\C/C=C\C/C=C\C/C=C\CCCC=O)[N+](=O)[O-]. The van der Waals surface area contributed by atoms with Gasteiger partial charge in [0.25, 0.3) is 0 Å². The molecule has 0 radical (unpaired) electrons. The van der Waals surface area contributed by atoms with Crippen molar-refractivity contribution in [3.8, 4) is 0 Å². The van der Waals surface area contributed by atoms with Crippen molar-refractivity contribution in [3.05, 3.63) is 70.5 Å². The summed E-state index contributed by atoms with van der Waals surface area (Å²) in [5, 5.41) is 10.7. The topological polar surface area (TPSA) is 60.2 Å². The van der Waals surface area contributed by atoms with E-state index in [-0.39, 0.29) is 10.6 Å². The van der Waals surface area contributed by atoms with Gasteiger partial charge >= 0.3 is 0 Å². The number of allylic oxidation sites excluding steroid dienone is 9. The summed E-state index contributed by atoms with van der Waals surface area (Å²) in [6.07, 6.45) is 25.2. The Bertz CT molecular complexity index is 485. The van der Waals surface area contributed by atoms with Crippen molar-refractivity contribution in [3.63, 3.8) is 0 Å². The number of nitrogens with zero attached hydrogens (tertiary/aromatic N) is 1. The van der Waals surface area contributed by atoms with Crippen molar-refractivity contribution in [2.24, 2.45) is 0 Å². The summed E-state index contributed by atoms with van der Waals surface area (Å²) in [7, 11) is 0. The van der Waals surface area contributed by atoms with Crippen molar-refractivity contribution < 1.29 is 9.72 Å². The third kappa shape index (κ3) is 14.7. The molecular formula is C20H29NO3. The Morgan fingerprint density at radius 3 is 1.92 bits per heavy atom. The second-order valence-electron chi connectivity index (χ2n) is 5.26. The highest BCUT2D eigenvalue weighted by molar-refractivity contribution is 5.49. The molecule has 0 spiro atoms. The van der Waals surface area contributed by atoms with Crippen molar-refractivity contribution in [2.45, 2.75) is 58.3 Å². The van der Waals surface area contributed by atoms with Crippen LogP contribution in [0.3, 0.4) is 0 Å². The molecule has 4 nitrogen and oxygen atoms in total. The third-order valence-corrected chi connectivity index (χ3v) is 3.18. The average molecular weight is 331 g/mol. The first-order valence-corrected chi connectivity index (χ1v) is 8.59. The van der Waals surface area contributed by atoms with Gasteiger partial charge < -0.3 is 4.79 Å². The van der Waals surface area contributed by atoms with E-state index in [2.05, 4.69) is 36.5 Å². The number of unbranched alkanes of at least 4 members (excludes halogenated alkanes) is 2. The second-order valence-corrected chi connectivity index (χ2v) is 5.26. The van der Waals surface area contributed by atoms with Crippen LogP contribution in [0.25, 0.3) is 0 Å². The van der Waals surface area contributed by atoms with Crippen LogP contribution in [0.5, 0.6) is 0 Å². The normalized spacial score (nSPS) is 13.0. The Balaban J connectivity index is 3.73. The number of carbonyl (C=O) groups excluding carboxylic acids is 1. The average Bonchev–Trinajstić information content (AvgIpc) is 2.57. The Kier molecular flexibility index (Phi) is 15.5. The van der Waals surface area contributed by atoms with Gasteiger partial charge in [-0.3, -0.25) is 10.1 Å². The summed E-state index contributed by atoms with van der Waals surface area (Å²) in [6.45, 7) is 1.90. The van der Waals surface area contributed by atoms with Crippen LogP contribution in [-0.4, -0.2) is 11.2 Å². The lowest BCUT2D eigenvalue weighted by Crippen LogP contribution is -1.96. The molecule has 0 amide bonds. The van der Waals surface area contributed by atoms with Crippen molar-refractivity contribution in [1.82, 2.24) is 0 Å². The minimum atomic E-state index is -0.314. The minimum Gasteiger partial charge on any atom is -0.303 e. The monoisotopic (exact) mass is 331 g/mol. The van der Waals surface area contributed by atoms with Crippen LogP contribution in [0.2, 0.25) is 0 Å². The molecule has 0 atom stereocenters. The molecule has 0 N–H and O–H groups in total. The number of hydrogen-bond donors (Lipinski definition) is 0. The molecule has 0 heterocycles. The molecule has 0 aromatic heterocycles. The number of nitro groups is 1. The van der Waals surface area contributed by atoms with Gasteiger partial charge in [0.15, 0.2) is 0 Å². The van der Waals surface area contributed by atoms with Crippen LogP contribution in [0, 0.1) is 10.1 Å². The van der Waals surface area contributed by atoms with Gasteiger partial charge in [-0.25, -0.2) is 0 Å². The molecule has 4 heteroatoms. The molecule has 0 unspecified atom stereocenters. The van der Waals surface area contributed by atoms with Crippen LogP contribution in [0.1, 0.15) is 58.3 Å². The summed E-state index contributed by atoms with van der Waals surface area (Å²) < 4.78 is 0. The number of aldehydes is 1. The third-order valence-electron chi connectivity index (χ3n) is 3.18. The van der Waals surface area contributed by atoms with E-state index in [1.54, 1.807) is 6.08 Å². The van der Waals surface area contributed by atoms with Crippen molar-refractivity contribution in [2.75, 3.05) is 0 Å². The Labute approximate surface area is 145 Å². The predicted molar refractivity (Wildman–Crippen MR) is 100 cm³/mol. The van der Waals surface area contributed by atoms with E-state index in [0.717, 1.165) is 38.4 Å². The number of carbonyl (C=O) groups is 1. The first kappa shape index (κ1) is 21.8. The fourth-order valence-corrected chi connectivity index (χ4v) is 1.92. The maximum atomic E-state index is 10.7. The van der Waals surface area contributed by atoms with Gasteiger partial charge in [-0.15, -0.1) is 0 Å². The van der Waals surface area contributed by atoms with Gasteiger partial charge in [0.1, 0.15) is 6.29 Å². The Morgan fingerprint density at radius 1 is 0.875 bits per heavy atom. The highest BCUT2D eigenvalue weighted by atomic mass is 16.6. The van der Waals surface area contributed by atoms with Gasteiger partial charge in [0.05, 0.1) is 11.3 Å². The van der Waals surface area contributed by atoms with Gasteiger partial charge in [0.2, 0.25) is 5.70 Å². The fraction of sp³-hybridized carbons (Fsp3) is 0.450. The van der Waals surface area contributed by atoms with Crippen LogP contribution in [0.4, 0.5) is 0 Å². The molecule has 0 aliphatic carbocycles. The quantitative estimate of drug-likeness (QED) is 0.135. The standard InChI is InChI=1S/C20H29NO3/c1-2-17-20(21(23)24)18-15-13-11-9-7-5-3-4-6-8-10-12-14-16-19-22/h3-4,7-10,13,15,17,19H,2,5-6,11-12,14,16,18H2,1H3/b4-3-,9-7-,10-8-,15-13-,20-17+.